The second kappa shape index (κ2) is 5.41. The minimum Gasteiger partial charge on any atom is -0.312 e. The smallest absolute Gasteiger partial charge is 0.147 e. The molecular formula is C11H18N2O2S. The van der Waals surface area contributed by atoms with Crippen LogP contribution in [0.15, 0.2) is 18.2 Å². The Balaban J connectivity index is 2.75. The Bertz CT molecular complexity index is 443. The van der Waals surface area contributed by atoms with Gasteiger partial charge in [-0.05, 0) is 32.5 Å². The highest BCUT2D eigenvalue weighted by molar-refractivity contribution is 7.90. The van der Waals surface area contributed by atoms with Crippen LogP contribution in [0.3, 0.4) is 0 Å². The average molecular weight is 242 g/mol. The van der Waals surface area contributed by atoms with Gasteiger partial charge in [0.05, 0.1) is 17.5 Å². The number of rotatable bonds is 5. The van der Waals surface area contributed by atoms with Gasteiger partial charge < -0.3 is 5.32 Å². The maximum atomic E-state index is 11.1. The van der Waals surface area contributed by atoms with E-state index in [0.717, 1.165) is 11.4 Å². The number of aryl methyl sites for hydroxylation is 1. The van der Waals surface area contributed by atoms with Gasteiger partial charge in [0, 0.05) is 11.9 Å². The van der Waals surface area contributed by atoms with Crippen molar-refractivity contribution in [3.8, 4) is 0 Å². The number of hydrogen-bond acceptors (Lipinski definition) is 4. The van der Waals surface area contributed by atoms with E-state index in [1.165, 1.54) is 6.26 Å². The molecule has 0 aliphatic rings. The lowest BCUT2D eigenvalue weighted by molar-refractivity contribution is 0.548. The van der Waals surface area contributed by atoms with Crippen molar-refractivity contribution in [3.05, 3.63) is 29.6 Å². The lowest BCUT2D eigenvalue weighted by Gasteiger charge is -2.15. The first kappa shape index (κ1) is 13.1. The van der Waals surface area contributed by atoms with Crippen molar-refractivity contribution in [2.45, 2.75) is 19.4 Å². The molecule has 1 atom stereocenters. The topological polar surface area (TPSA) is 59.1 Å². The van der Waals surface area contributed by atoms with Gasteiger partial charge in [0.2, 0.25) is 0 Å². The standard InChI is InChI=1S/C11H18N2O2S/c1-9-5-4-6-11(13-9)10(12-2)7-8-16(3,14)15/h4-6,10,12H,7-8H2,1-3H3. The van der Waals surface area contributed by atoms with E-state index in [1.807, 2.05) is 32.2 Å². The number of nitrogens with one attached hydrogen (secondary N) is 1. The van der Waals surface area contributed by atoms with Crippen LogP contribution in [0.5, 0.6) is 0 Å². The summed E-state index contributed by atoms with van der Waals surface area (Å²) in [5.74, 6) is 0.175. The van der Waals surface area contributed by atoms with Crippen LogP contribution in [0.25, 0.3) is 0 Å². The number of pyridine rings is 1. The molecule has 0 saturated heterocycles. The molecule has 90 valence electrons. The van der Waals surface area contributed by atoms with Gasteiger partial charge in [-0.1, -0.05) is 6.07 Å². The summed E-state index contributed by atoms with van der Waals surface area (Å²) in [6.45, 7) is 1.92. The summed E-state index contributed by atoms with van der Waals surface area (Å²) < 4.78 is 22.2. The molecule has 1 aromatic rings. The molecule has 0 spiro atoms. The monoisotopic (exact) mass is 242 g/mol. The van der Waals surface area contributed by atoms with E-state index in [9.17, 15) is 8.42 Å². The SMILES string of the molecule is CNC(CCS(C)(=O)=O)c1cccc(C)n1. The Morgan fingerprint density at radius 3 is 2.62 bits per heavy atom. The Hall–Kier alpha value is -0.940. The Morgan fingerprint density at radius 1 is 1.44 bits per heavy atom. The first-order chi connectivity index (χ1) is 7.42. The molecule has 16 heavy (non-hydrogen) atoms. The van der Waals surface area contributed by atoms with Crippen molar-refractivity contribution in [2.24, 2.45) is 0 Å². The van der Waals surface area contributed by atoms with Crippen molar-refractivity contribution in [1.29, 1.82) is 0 Å². The highest BCUT2D eigenvalue weighted by Gasteiger charge is 2.13. The fraction of sp³-hybridized carbons (Fsp3) is 0.545. The van der Waals surface area contributed by atoms with Gasteiger partial charge in [0.1, 0.15) is 9.84 Å². The van der Waals surface area contributed by atoms with E-state index < -0.39 is 9.84 Å². The maximum Gasteiger partial charge on any atom is 0.147 e. The predicted octanol–water partition coefficient (Wildman–Crippen LogP) is 1.09. The summed E-state index contributed by atoms with van der Waals surface area (Å²) >= 11 is 0. The molecule has 0 amide bonds. The van der Waals surface area contributed by atoms with Crippen LogP contribution in [0, 0.1) is 6.92 Å². The fourth-order valence-corrected chi connectivity index (χ4v) is 2.19. The lowest BCUT2D eigenvalue weighted by atomic mass is 10.1. The highest BCUT2D eigenvalue weighted by atomic mass is 32.2. The van der Waals surface area contributed by atoms with Gasteiger partial charge in [-0.25, -0.2) is 8.42 Å². The molecule has 1 N–H and O–H groups in total. The largest absolute Gasteiger partial charge is 0.312 e. The second-order valence-electron chi connectivity index (χ2n) is 3.96. The number of hydrogen-bond donors (Lipinski definition) is 1. The normalized spacial score (nSPS) is 13.7. The molecule has 1 rings (SSSR count). The summed E-state index contributed by atoms with van der Waals surface area (Å²) in [5, 5.41) is 3.09. The summed E-state index contributed by atoms with van der Waals surface area (Å²) in [7, 11) is -1.10. The molecule has 4 nitrogen and oxygen atoms in total. The van der Waals surface area contributed by atoms with Crippen LogP contribution in [0.4, 0.5) is 0 Å². The Kier molecular flexibility index (Phi) is 4.44. The van der Waals surface area contributed by atoms with Gasteiger partial charge in [-0.15, -0.1) is 0 Å². The van der Waals surface area contributed by atoms with E-state index in [0.29, 0.717) is 6.42 Å². The molecule has 1 heterocycles. The van der Waals surface area contributed by atoms with Crippen molar-refractivity contribution < 1.29 is 8.42 Å². The third-order valence-corrected chi connectivity index (χ3v) is 3.37. The third-order valence-electron chi connectivity index (χ3n) is 2.39. The zero-order valence-electron chi connectivity index (χ0n) is 9.90. The van der Waals surface area contributed by atoms with Crippen LogP contribution in [0.2, 0.25) is 0 Å². The molecule has 1 unspecified atom stereocenters. The molecular weight excluding hydrogens is 224 g/mol. The van der Waals surface area contributed by atoms with E-state index in [4.69, 9.17) is 0 Å². The highest BCUT2D eigenvalue weighted by Crippen LogP contribution is 2.15. The molecule has 0 saturated carbocycles. The van der Waals surface area contributed by atoms with Crippen molar-refractivity contribution in [2.75, 3.05) is 19.1 Å². The number of nitrogens with zero attached hydrogens (tertiary/aromatic N) is 1. The lowest BCUT2D eigenvalue weighted by Crippen LogP contribution is -2.21. The molecule has 0 aromatic carbocycles. The average Bonchev–Trinajstić information content (AvgIpc) is 2.17. The number of sulfone groups is 1. The fourth-order valence-electron chi connectivity index (χ4n) is 1.53. The van der Waals surface area contributed by atoms with Gasteiger partial charge in [-0.2, -0.15) is 0 Å². The van der Waals surface area contributed by atoms with Crippen LogP contribution in [-0.2, 0) is 9.84 Å². The zero-order valence-corrected chi connectivity index (χ0v) is 10.7. The van der Waals surface area contributed by atoms with Crippen LogP contribution in [0.1, 0.15) is 23.9 Å². The van der Waals surface area contributed by atoms with E-state index in [1.54, 1.807) is 0 Å². The first-order valence-corrected chi connectivity index (χ1v) is 7.27. The molecule has 0 radical (unpaired) electrons. The zero-order chi connectivity index (χ0) is 12.2. The van der Waals surface area contributed by atoms with Gasteiger partial charge in [0.25, 0.3) is 0 Å². The summed E-state index contributed by atoms with van der Waals surface area (Å²) in [5.41, 5.74) is 1.84. The number of aromatic nitrogens is 1. The van der Waals surface area contributed by atoms with E-state index >= 15 is 0 Å². The quantitative estimate of drug-likeness (QED) is 0.839. The second-order valence-corrected chi connectivity index (χ2v) is 6.22. The summed E-state index contributed by atoms with van der Waals surface area (Å²) in [6, 6.07) is 5.76. The Labute approximate surface area is 97.0 Å². The van der Waals surface area contributed by atoms with Crippen molar-refractivity contribution in [3.63, 3.8) is 0 Å². The van der Waals surface area contributed by atoms with Crippen LogP contribution < -0.4 is 5.32 Å². The van der Waals surface area contributed by atoms with Crippen LogP contribution in [-0.4, -0.2) is 32.5 Å². The minimum atomic E-state index is -2.92. The molecule has 0 aliphatic heterocycles. The minimum absolute atomic E-state index is 0.00498. The molecule has 1 aromatic heterocycles. The van der Waals surface area contributed by atoms with Gasteiger partial charge in [0.15, 0.2) is 0 Å². The van der Waals surface area contributed by atoms with Crippen LogP contribution >= 0.6 is 0 Å². The summed E-state index contributed by atoms with van der Waals surface area (Å²) in [4.78, 5) is 4.39. The molecule has 0 aliphatic carbocycles. The predicted molar refractivity (Wildman–Crippen MR) is 65.1 cm³/mol. The molecule has 0 fully saturated rings. The molecule has 5 heteroatoms. The van der Waals surface area contributed by atoms with Gasteiger partial charge >= 0.3 is 0 Å². The Morgan fingerprint density at radius 2 is 2.12 bits per heavy atom. The van der Waals surface area contributed by atoms with E-state index in [2.05, 4.69) is 10.3 Å². The summed E-state index contributed by atoms with van der Waals surface area (Å²) in [6.07, 6.45) is 1.80. The van der Waals surface area contributed by atoms with Gasteiger partial charge in [-0.3, -0.25) is 4.98 Å². The van der Waals surface area contributed by atoms with E-state index in [-0.39, 0.29) is 11.8 Å². The van der Waals surface area contributed by atoms with Crippen molar-refractivity contribution in [1.82, 2.24) is 10.3 Å². The molecule has 0 bridgehead atoms. The third kappa shape index (κ3) is 4.28. The maximum absolute atomic E-state index is 11.1. The van der Waals surface area contributed by atoms with Crippen molar-refractivity contribution >= 4 is 9.84 Å². The first-order valence-electron chi connectivity index (χ1n) is 5.21.